The van der Waals surface area contributed by atoms with Crippen LogP contribution in [0.1, 0.15) is 18.4 Å². The molecule has 6 heteroatoms. The molecule has 1 saturated carbocycles. The number of nitrogens with one attached hydrogen (secondary N) is 1. The molecule has 0 unspecified atom stereocenters. The summed E-state index contributed by atoms with van der Waals surface area (Å²) in [5.41, 5.74) is 0.705. The summed E-state index contributed by atoms with van der Waals surface area (Å²) in [5.74, 6) is 0.350. The number of aryl methyl sites for hydroxylation is 1. The van der Waals surface area contributed by atoms with Gasteiger partial charge in [-0.1, -0.05) is 11.6 Å². The molecule has 0 heterocycles. The first kappa shape index (κ1) is 12.7. The smallest absolute Gasteiger partial charge is 0.244 e. The molecule has 0 radical (unpaired) electrons. The van der Waals surface area contributed by atoms with Crippen molar-refractivity contribution in [3.63, 3.8) is 0 Å². The topological polar surface area (TPSA) is 55.4 Å². The number of ether oxygens (including phenoxy) is 1. The van der Waals surface area contributed by atoms with Gasteiger partial charge < -0.3 is 4.74 Å². The molecule has 0 bridgehead atoms. The van der Waals surface area contributed by atoms with Gasteiger partial charge in [0.05, 0.1) is 7.11 Å². The molecule has 1 aromatic rings. The Morgan fingerprint density at radius 2 is 2.06 bits per heavy atom. The van der Waals surface area contributed by atoms with E-state index in [1.807, 2.05) is 0 Å². The van der Waals surface area contributed by atoms with E-state index in [1.54, 1.807) is 13.0 Å². The van der Waals surface area contributed by atoms with Gasteiger partial charge in [0.25, 0.3) is 0 Å². The van der Waals surface area contributed by atoms with E-state index >= 15 is 0 Å². The van der Waals surface area contributed by atoms with E-state index in [4.69, 9.17) is 16.3 Å². The molecule has 1 aliphatic carbocycles. The Bertz CT molecular complexity index is 538. The SMILES string of the molecule is COc1c(C)cc(Cl)cc1S(=O)(=O)NC1CC1. The largest absolute Gasteiger partial charge is 0.495 e. The Labute approximate surface area is 106 Å². The standard InChI is InChI=1S/C11H14ClNO3S/c1-7-5-8(12)6-10(11(7)16-2)17(14,15)13-9-3-4-9/h5-6,9,13H,3-4H2,1-2H3. The maximum absolute atomic E-state index is 12.1. The van der Waals surface area contributed by atoms with Gasteiger partial charge in [0, 0.05) is 11.1 Å². The van der Waals surface area contributed by atoms with Crippen LogP contribution >= 0.6 is 11.6 Å². The molecule has 1 aromatic carbocycles. The van der Waals surface area contributed by atoms with Crippen molar-refractivity contribution in [2.75, 3.05) is 7.11 Å². The van der Waals surface area contributed by atoms with Crippen molar-refractivity contribution in [1.29, 1.82) is 0 Å². The van der Waals surface area contributed by atoms with E-state index in [1.165, 1.54) is 13.2 Å². The van der Waals surface area contributed by atoms with Gasteiger partial charge in [-0.05, 0) is 37.5 Å². The van der Waals surface area contributed by atoms with Crippen LogP contribution in [-0.4, -0.2) is 21.6 Å². The maximum Gasteiger partial charge on any atom is 0.244 e. The fourth-order valence-corrected chi connectivity index (χ4v) is 3.55. The van der Waals surface area contributed by atoms with Crippen LogP contribution in [0.15, 0.2) is 17.0 Å². The molecular weight excluding hydrogens is 262 g/mol. The fourth-order valence-electron chi connectivity index (χ4n) is 1.64. The van der Waals surface area contributed by atoms with Crippen LogP contribution in [0.4, 0.5) is 0 Å². The Kier molecular flexibility index (Phi) is 3.34. The van der Waals surface area contributed by atoms with Crippen LogP contribution < -0.4 is 9.46 Å². The van der Waals surface area contributed by atoms with Crippen LogP contribution in [-0.2, 0) is 10.0 Å². The zero-order valence-electron chi connectivity index (χ0n) is 9.66. The lowest BCUT2D eigenvalue weighted by Crippen LogP contribution is -2.26. The Morgan fingerprint density at radius 1 is 1.41 bits per heavy atom. The average molecular weight is 276 g/mol. The number of benzene rings is 1. The van der Waals surface area contributed by atoms with Gasteiger partial charge in [-0.15, -0.1) is 0 Å². The number of hydrogen-bond donors (Lipinski definition) is 1. The van der Waals surface area contributed by atoms with Crippen molar-refractivity contribution >= 4 is 21.6 Å². The number of methoxy groups -OCH3 is 1. The van der Waals surface area contributed by atoms with E-state index in [0.29, 0.717) is 16.3 Å². The minimum Gasteiger partial charge on any atom is -0.495 e. The fraction of sp³-hybridized carbons (Fsp3) is 0.455. The summed E-state index contributed by atoms with van der Waals surface area (Å²) in [6, 6.07) is 3.15. The number of hydrogen-bond acceptors (Lipinski definition) is 3. The van der Waals surface area contributed by atoms with Gasteiger partial charge in [-0.25, -0.2) is 13.1 Å². The second-order valence-corrected chi connectivity index (χ2v) is 6.27. The summed E-state index contributed by atoms with van der Waals surface area (Å²) in [6.45, 7) is 1.76. The van der Waals surface area contributed by atoms with Crippen LogP contribution in [0.5, 0.6) is 5.75 Å². The van der Waals surface area contributed by atoms with Crippen molar-refractivity contribution in [2.24, 2.45) is 0 Å². The molecule has 1 fully saturated rings. The van der Waals surface area contributed by atoms with E-state index in [0.717, 1.165) is 12.8 Å². The highest BCUT2D eigenvalue weighted by Gasteiger charge is 2.30. The molecule has 0 saturated heterocycles. The lowest BCUT2D eigenvalue weighted by Gasteiger charge is -2.13. The first-order valence-electron chi connectivity index (χ1n) is 5.30. The van der Waals surface area contributed by atoms with Crippen LogP contribution in [0.3, 0.4) is 0 Å². The third-order valence-electron chi connectivity index (χ3n) is 2.60. The van der Waals surface area contributed by atoms with E-state index in [-0.39, 0.29) is 10.9 Å². The second kappa shape index (κ2) is 4.48. The molecular formula is C11H14ClNO3S. The minimum atomic E-state index is -3.54. The second-order valence-electron chi connectivity index (χ2n) is 4.15. The minimum absolute atomic E-state index is 0.0593. The molecule has 94 valence electrons. The van der Waals surface area contributed by atoms with Crippen LogP contribution in [0.2, 0.25) is 5.02 Å². The lowest BCUT2D eigenvalue weighted by atomic mass is 10.2. The predicted octanol–water partition coefficient (Wildman–Crippen LogP) is 2.10. The van der Waals surface area contributed by atoms with Crippen molar-refractivity contribution in [2.45, 2.75) is 30.7 Å². The summed E-state index contributed by atoms with van der Waals surface area (Å²) in [4.78, 5) is 0.108. The highest BCUT2D eigenvalue weighted by molar-refractivity contribution is 7.89. The van der Waals surface area contributed by atoms with Crippen LogP contribution in [0, 0.1) is 6.92 Å². The molecule has 1 aliphatic rings. The van der Waals surface area contributed by atoms with Gasteiger partial charge in [0.15, 0.2) is 0 Å². The number of halogens is 1. The summed E-state index contributed by atoms with van der Waals surface area (Å²) in [6.07, 6.45) is 1.78. The summed E-state index contributed by atoms with van der Waals surface area (Å²) in [7, 11) is -2.09. The van der Waals surface area contributed by atoms with E-state index in [2.05, 4.69) is 4.72 Å². The summed E-state index contributed by atoms with van der Waals surface area (Å²) < 4.78 is 32.0. The van der Waals surface area contributed by atoms with Crippen molar-refractivity contribution in [1.82, 2.24) is 4.72 Å². The van der Waals surface area contributed by atoms with Gasteiger partial charge in [-0.2, -0.15) is 0 Å². The Balaban J connectivity index is 2.48. The van der Waals surface area contributed by atoms with Crippen molar-refractivity contribution in [3.8, 4) is 5.75 Å². The molecule has 0 aromatic heterocycles. The molecule has 17 heavy (non-hydrogen) atoms. The third-order valence-corrected chi connectivity index (χ3v) is 4.34. The first-order valence-corrected chi connectivity index (χ1v) is 7.16. The highest BCUT2D eigenvalue weighted by Crippen LogP contribution is 2.32. The van der Waals surface area contributed by atoms with Gasteiger partial charge in [0.1, 0.15) is 10.6 Å². The average Bonchev–Trinajstić information content (AvgIpc) is 3.00. The van der Waals surface area contributed by atoms with Crippen molar-refractivity contribution in [3.05, 3.63) is 22.7 Å². The van der Waals surface area contributed by atoms with Gasteiger partial charge in [0.2, 0.25) is 10.0 Å². The molecule has 0 aliphatic heterocycles. The quantitative estimate of drug-likeness (QED) is 0.915. The molecule has 0 amide bonds. The molecule has 0 atom stereocenters. The Hall–Kier alpha value is -0.780. The zero-order chi connectivity index (χ0) is 12.6. The lowest BCUT2D eigenvalue weighted by molar-refractivity contribution is 0.399. The Morgan fingerprint density at radius 3 is 2.59 bits per heavy atom. The summed E-state index contributed by atoms with van der Waals surface area (Å²) >= 11 is 5.89. The third kappa shape index (κ3) is 2.73. The van der Waals surface area contributed by atoms with Gasteiger partial charge >= 0.3 is 0 Å². The normalized spacial score (nSPS) is 15.9. The van der Waals surface area contributed by atoms with E-state index < -0.39 is 10.0 Å². The monoisotopic (exact) mass is 275 g/mol. The number of rotatable bonds is 4. The van der Waals surface area contributed by atoms with Gasteiger partial charge in [-0.3, -0.25) is 0 Å². The molecule has 2 rings (SSSR count). The van der Waals surface area contributed by atoms with E-state index in [9.17, 15) is 8.42 Å². The van der Waals surface area contributed by atoms with Crippen LogP contribution in [0.25, 0.3) is 0 Å². The van der Waals surface area contributed by atoms with Crippen molar-refractivity contribution < 1.29 is 13.2 Å². The summed E-state index contributed by atoms with van der Waals surface area (Å²) in [5, 5.41) is 0.388. The first-order chi connectivity index (χ1) is 7.94. The maximum atomic E-state index is 12.1. The molecule has 1 N–H and O–H groups in total. The zero-order valence-corrected chi connectivity index (χ0v) is 11.2. The molecule has 4 nitrogen and oxygen atoms in total. The predicted molar refractivity (Wildman–Crippen MR) is 66.1 cm³/mol. The number of sulfonamides is 1. The molecule has 0 spiro atoms. The highest BCUT2D eigenvalue weighted by atomic mass is 35.5.